The first-order valence-corrected chi connectivity index (χ1v) is 8.66. The van der Waals surface area contributed by atoms with Gasteiger partial charge in [-0.3, -0.25) is 0 Å². The number of hydrogen-bond acceptors (Lipinski definition) is 5. The lowest BCUT2D eigenvalue weighted by atomic mass is 10.1. The van der Waals surface area contributed by atoms with E-state index in [9.17, 15) is 0 Å². The molecule has 0 aliphatic heterocycles. The topological polar surface area (TPSA) is 53.9 Å². The van der Waals surface area contributed by atoms with Crippen LogP contribution in [0, 0.1) is 17.9 Å². The van der Waals surface area contributed by atoms with Gasteiger partial charge in [-0.2, -0.15) is 5.26 Å². The van der Waals surface area contributed by atoms with Gasteiger partial charge in [0.25, 0.3) is 0 Å². The Balaban J connectivity index is 1.69. The van der Waals surface area contributed by atoms with Crippen LogP contribution in [0.15, 0.2) is 48.5 Å². The number of rotatable bonds is 2. The van der Waals surface area contributed by atoms with E-state index >= 15 is 0 Å². The molecule has 0 amide bonds. The largest absolute Gasteiger partial charge is 0.238 e. The Hall–Kier alpha value is -3.06. The summed E-state index contributed by atoms with van der Waals surface area (Å²) in [5, 5.41) is 10.7. The van der Waals surface area contributed by atoms with Crippen molar-refractivity contribution in [2.24, 2.45) is 0 Å². The fourth-order valence-corrected chi connectivity index (χ4v) is 4.31. The van der Waals surface area contributed by atoms with E-state index in [2.05, 4.69) is 20.9 Å². The Bertz CT molecular complexity index is 989. The van der Waals surface area contributed by atoms with Crippen molar-refractivity contribution in [3.05, 3.63) is 65.5 Å². The molecule has 0 N–H and O–H groups in total. The zero-order chi connectivity index (χ0) is 16.5. The molecule has 2 aromatic heterocycles. The zero-order valence-corrected chi connectivity index (χ0v) is 13.9. The summed E-state index contributed by atoms with van der Waals surface area (Å²) >= 11 is 3.09. The second-order valence-electron chi connectivity index (χ2n) is 5.00. The van der Waals surface area contributed by atoms with E-state index in [1.54, 1.807) is 46.9 Å². The van der Waals surface area contributed by atoms with Crippen LogP contribution in [0.3, 0.4) is 0 Å². The summed E-state index contributed by atoms with van der Waals surface area (Å²) in [4.78, 5) is 14.5. The minimum Gasteiger partial charge on any atom is -0.238 e. The third-order valence-electron chi connectivity index (χ3n) is 3.48. The molecule has 0 spiro atoms. The van der Waals surface area contributed by atoms with Gasteiger partial charge >= 0.3 is 0 Å². The van der Waals surface area contributed by atoms with E-state index < -0.39 is 0 Å². The van der Waals surface area contributed by atoms with Crippen LogP contribution in [0.5, 0.6) is 0 Å². The molecule has 0 saturated heterocycles. The first kappa shape index (κ1) is 14.5. The molecule has 4 aromatic rings. The molecule has 0 radical (unpaired) electrons. The van der Waals surface area contributed by atoms with E-state index in [4.69, 9.17) is 11.8 Å². The molecule has 112 valence electrons. The van der Waals surface area contributed by atoms with Crippen LogP contribution in [-0.2, 0) is 0 Å². The molecule has 0 unspecified atom stereocenters. The van der Waals surface area contributed by atoms with Gasteiger partial charge in [-0.15, -0.1) is 0 Å². The summed E-state index contributed by atoms with van der Waals surface area (Å²) in [6, 6.07) is 16.9. The number of fused-ring (bicyclic) bond motifs is 1. The van der Waals surface area contributed by atoms with E-state index in [1.165, 1.54) is 0 Å². The van der Waals surface area contributed by atoms with E-state index in [0.717, 1.165) is 30.8 Å². The van der Waals surface area contributed by atoms with Crippen LogP contribution in [0.25, 0.3) is 35.6 Å². The molecule has 0 aliphatic rings. The Morgan fingerprint density at radius 3 is 1.79 bits per heavy atom. The smallest absolute Gasteiger partial charge is 0.187 e. The molecule has 6 heteroatoms. The quantitative estimate of drug-likeness (QED) is 0.451. The lowest BCUT2D eigenvalue weighted by molar-refractivity contribution is 1.46. The molecule has 24 heavy (non-hydrogen) atoms. The molecule has 0 bridgehead atoms. The maximum Gasteiger partial charge on any atom is 0.187 e. The van der Waals surface area contributed by atoms with Crippen LogP contribution < -0.4 is 0 Å². The summed E-state index contributed by atoms with van der Waals surface area (Å²) in [6.07, 6.45) is 0. The highest BCUT2D eigenvalue weighted by Crippen LogP contribution is 2.36. The normalized spacial score (nSPS) is 10.4. The summed E-state index contributed by atoms with van der Waals surface area (Å²) in [7, 11) is 0. The standard InChI is InChI=1S/C18H8N4S2/c1-20-14-8-6-13(7-9-14)16-22-18-17(24-16)21-15(23-18)12-4-2-11(10-19)3-5-12/h2-9H. The van der Waals surface area contributed by atoms with Crippen LogP contribution in [0.2, 0.25) is 0 Å². The molecule has 2 aromatic carbocycles. The van der Waals surface area contributed by atoms with Crippen LogP contribution in [0.1, 0.15) is 5.56 Å². The molecule has 0 atom stereocenters. The third kappa shape index (κ3) is 2.55. The highest BCUT2D eigenvalue weighted by Gasteiger charge is 2.13. The number of nitrogens with zero attached hydrogens (tertiary/aromatic N) is 4. The number of hydrogen-bond donors (Lipinski definition) is 0. The Morgan fingerprint density at radius 1 is 0.833 bits per heavy atom. The van der Waals surface area contributed by atoms with Crippen molar-refractivity contribution in [2.45, 2.75) is 0 Å². The van der Waals surface area contributed by atoms with Gasteiger partial charge in [0.1, 0.15) is 10.0 Å². The van der Waals surface area contributed by atoms with Gasteiger partial charge in [-0.05, 0) is 12.1 Å². The minimum atomic E-state index is 0.623. The molecule has 0 aliphatic carbocycles. The maximum atomic E-state index is 8.86. The predicted octanol–water partition coefficient (Wildman–Crippen LogP) is 5.51. The fraction of sp³-hybridized carbons (Fsp3) is 0. The highest BCUT2D eigenvalue weighted by molar-refractivity contribution is 7.29. The Kier molecular flexibility index (Phi) is 3.55. The fourth-order valence-electron chi connectivity index (χ4n) is 2.25. The highest BCUT2D eigenvalue weighted by atomic mass is 32.1. The predicted molar refractivity (Wildman–Crippen MR) is 97.1 cm³/mol. The lowest BCUT2D eigenvalue weighted by Gasteiger charge is -1.96. The van der Waals surface area contributed by atoms with Crippen LogP contribution in [-0.4, -0.2) is 9.97 Å². The third-order valence-corrected chi connectivity index (χ3v) is 5.61. The second-order valence-corrected chi connectivity index (χ2v) is 6.95. The Morgan fingerprint density at radius 2 is 1.33 bits per heavy atom. The van der Waals surface area contributed by atoms with E-state index in [1.807, 2.05) is 24.3 Å². The van der Waals surface area contributed by atoms with Crippen molar-refractivity contribution < 1.29 is 0 Å². The van der Waals surface area contributed by atoms with Crippen molar-refractivity contribution in [3.8, 4) is 27.2 Å². The molecule has 4 rings (SSSR count). The molecule has 0 fully saturated rings. The molecule has 0 saturated carbocycles. The van der Waals surface area contributed by atoms with Crippen molar-refractivity contribution >= 4 is 38.0 Å². The SMILES string of the molecule is [C-]#[N+]c1ccc(-c2nc3sc(-c4ccc(C#N)cc4)nc3s2)cc1. The summed E-state index contributed by atoms with van der Waals surface area (Å²) in [5.41, 5.74) is 3.25. The van der Waals surface area contributed by atoms with Gasteiger partial charge in [0.2, 0.25) is 0 Å². The lowest BCUT2D eigenvalue weighted by Crippen LogP contribution is -1.77. The number of aromatic nitrogens is 2. The van der Waals surface area contributed by atoms with Crippen molar-refractivity contribution in [1.82, 2.24) is 9.97 Å². The molecule has 4 nitrogen and oxygen atoms in total. The number of thiazole rings is 2. The van der Waals surface area contributed by atoms with Gasteiger partial charge in [-0.1, -0.05) is 59.1 Å². The minimum absolute atomic E-state index is 0.623. The Labute approximate surface area is 146 Å². The zero-order valence-electron chi connectivity index (χ0n) is 12.2. The van der Waals surface area contributed by atoms with Gasteiger partial charge in [0, 0.05) is 11.1 Å². The van der Waals surface area contributed by atoms with Gasteiger partial charge in [0.05, 0.1) is 18.2 Å². The van der Waals surface area contributed by atoms with Gasteiger partial charge in [0.15, 0.2) is 15.3 Å². The maximum absolute atomic E-state index is 8.86. The van der Waals surface area contributed by atoms with Crippen molar-refractivity contribution in [3.63, 3.8) is 0 Å². The van der Waals surface area contributed by atoms with Gasteiger partial charge in [-0.25, -0.2) is 14.8 Å². The average Bonchev–Trinajstić information content (AvgIpc) is 3.21. The van der Waals surface area contributed by atoms with Crippen LogP contribution >= 0.6 is 22.7 Å². The van der Waals surface area contributed by atoms with Crippen molar-refractivity contribution in [1.29, 1.82) is 5.26 Å². The second kappa shape index (κ2) is 5.86. The number of nitriles is 1. The van der Waals surface area contributed by atoms with Crippen LogP contribution in [0.4, 0.5) is 5.69 Å². The van der Waals surface area contributed by atoms with E-state index in [0.29, 0.717) is 11.3 Å². The van der Waals surface area contributed by atoms with Crippen molar-refractivity contribution in [2.75, 3.05) is 0 Å². The van der Waals surface area contributed by atoms with Gasteiger partial charge < -0.3 is 0 Å². The molecular weight excluding hydrogens is 336 g/mol. The van der Waals surface area contributed by atoms with E-state index in [-0.39, 0.29) is 0 Å². The summed E-state index contributed by atoms with van der Waals surface area (Å²) < 4.78 is 0. The summed E-state index contributed by atoms with van der Waals surface area (Å²) in [5.74, 6) is 0. The monoisotopic (exact) mass is 344 g/mol. The first-order chi connectivity index (χ1) is 11.8. The number of benzene rings is 2. The first-order valence-electron chi connectivity index (χ1n) is 7.02. The summed E-state index contributed by atoms with van der Waals surface area (Å²) in [6.45, 7) is 7.00. The average molecular weight is 344 g/mol. The molecular formula is C18H8N4S2. The molecule has 2 heterocycles.